The summed E-state index contributed by atoms with van der Waals surface area (Å²) in [5.41, 5.74) is 3.45. The Hall–Kier alpha value is -2.76. The number of anilines is 1. The first kappa shape index (κ1) is 19.6. The van der Waals surface area contributed by atoms with Crippen molar-refractivity contribution in [3.8, 4) is 0 Å². The van der Waals surface area contributed by atoms with Gasteiger partial charge in [-0.1, -0.05) is 61.1 Å². The summed E-state index contributed by atoms with van der Waals surface area (Å²) in [4.78, 5) is 24.3. The van der Waals surface area contributed by atoms with E-state index in [2.05, 4.69) is 24.9 Å². The number of pyridine rings is 1. The molecule has 0 atom stereocenters. The average molecular weight is 422 g/mol. The van der Waals surface area contributed by atoms with E-state index in [9.17, 15) is 4.79 Å². The molecule has 0 saturated heterocycles. The summed E-state index contributed by atoms with van der Waals surface area (Å²) in [6.07, 6.45) is 1.73. The number of aromatic nitrogens is 2. The van der Waals surface area contributed by atoms with Crippen LogP contribution in [0.15, 0.2) is 66.9 Å². The zero-order chi connectivity index (χ0) is 20.4. The Morgan fingerprint density at radius 2 is 1.93 bits per heavy atom. The first-order valence-corrected chi connectivity index (χ1v) is 10.6. The van der Waals surface area contributed by atoms with E-state index in [0.717, 1.165) is 15.9 Å². The van der Waals surface area contributed by atoms with Crippen LogP contribution in [0.4, 0.5) is 5.13 Å². The highest BCUT2D eigenvalue weighted by atomic mass is 35.5. The van der Waals surface area contributed by atoms with E-state index in [1.807, 2.05) is 30.3 Å². The van der Waals surface area contributed by atoms with Gasteiger partial charge in [0.25, 0.3) is 5.91 Å². The molecule has 0 radical (unpaired) electrons. The van der Waals surface area contributed by atoms with Gasteiger partial charge in [0.05, 0.1) is 22.5 Å². The number of nitrogens with zero attached hydrogens (tertiary/aromatic N) is 3. The maximum Gasteiger partial charge on any atom is 0.260 e. The maximum absolute atomic E-state index is 13.4. The zero-order valence-electron chi connectivity index (χ0n) is 16.2. The first-order valence-electron chi connectivity index (χ1n) is 9.39. The number of halogens is 1. The number of thiazole rings is 1. The summed E-state index contributed by atoms with van der Waals surface area (Å²) < 4.78 is 1.07. The molecule has 1 amide bonds. The van der Waals surface area contributed by atoms with E-state index in [-0.39, 0.29) is 5.91 Å². The Morgan fingerprint density at radius 3 is 2.66 bits per heavy atom. The normalized spacial score (nSPS) is 11.2. The lowest BCUT2D eigenvalue weighted by Gasteiger charge is -2.19. The van der Waals surface area contributed by atoms with Crippen molar-refractivity contribution in [1.29, 1.82) is 0 Å². The van der Waals surface area contributed by atoms with Crippen molar-refractivity contribution in [3.63, 3.8) is 0 Å². The van der Waals surface area contributed by atoms with Crippen LogP contribution in [-0.4, -0.2) is 15.9 Å². The highest BCUT2D eigenvalue weighted by Gasteiger charge is 2.23. The maximum atomic E-state index is 13.4. The molecular weight excluding hydrogens is 402 g/mol. The molecule has 0 bridgehead atoms. The molecule has 0 fully saturated rings. The van der Waals surface area contributed by atoms with Gasteiger partial charge in [0.1, 0.15) is 0 Å². The molecule has 2 heterocycles. The van der Waals surface area contributed by atoms with Crippen LogP contribution in [0.5, 0.6) is 0 Å². The van der Waals surface area contributed by atoms with Crippen LogP contribution in [0.25, 0.3) is 10.2 Å². The lowest BCUT2D eigenvalue weighted by atomic mass is 10.0. The van der Waals surface area contributed by atoms with Gasteiger partial charge in [0.2, 0.25) is 0 Å². The molecule has 146 valence electrons. The fourth-order valence-corrected chi connectivity index (χ4v) is 4.39. The number of benzene rings is 2. The number of hydrogen-bond donors (Lipinski definition) is 0. The third kappa shape index (κ3) is 4.16. The number of carbonyl (C=O) groups excluding carboxylic acids is 1. The predicted molar refractivity (Wildman–Crippen MR) is 120 cm³/mol. The van der Waals surface area contributed by atoms with Crippen molar-refractivity contribution in [2.75, 3.05) is 4.90 Å². The van der Waals surface area contributed by atoms with Crippen LogP contribution in [0.3, 0.4) is 0 Å². The first-order chi connectivity index (χ1) is 14.0. The second-order valence-electron chi connectivity index (χ2n) is 7.07. The average Bonchev–Trinajstić information content (AvgIpc) is 3.16. The highest BCUT2D eigenvalue weighted by molar-refractivity contribution is 7.22. The molecule has 0 N–H and O–H groups in total. The Morgan fingerprint density at radius 1 is 1.10 bits per heavy atom. The van der Waals surface area contributed by atoms with E-state index < -0.39 is 0 Å². The summed E-state index contributed by atoms with van der Waals surface area (Å²) in [5.74, 6) is 0.199. The van der Waals surface area contributed by atoms with Gasteiger partial charge in [-0.25, -0.2) is 4.98 Å². The molecule has 0 aliphatic heterocycles. The quantitative estimate of drug-likeness (QED) is 0.379. The van der Waals surface area contributed by atoms with Gasteiger partial charge in [-0.2, -0.15) is 0 Å². The molecule has 29 heavy (non-hydrogen) atoms. The number of amides is 1. The van der Waals surface area contributed by atoms with Crippen molar-refractivity contribution in [1.82, 2.24) is 9.97 Å². The second-order valence-corrected chi connectivity index (χ2v) is 8.51. The molecular formula is C23H20ClN3OS. The van der Waals surface area contributed by atoms with Crippen LogP contribution in [0, 0.1) is 0 Å². The predicted octanol–water partition coefficient (Wildman–Crippen LogP) is 6.32. The Kier molecular flexibility index (Phi) is 5.60. The fraction of sp³-hybridized carbons (Fsp3) is 0.174. The SMILES string of the molecule is CC(C)c1cccc2sc(N(Cc3ccccn3)C(=O)c3cccc(Cl)c3)nc12. The number of fused-ring (bicyclic) bond motifs is 1. The standard InChI is InChI=1S/C23H20ClN3OS/c1-15(2)19-10-6-11-20-21(19)26-23(29-20)27(14-18-9-3-4-12-25-18)22(28)16-7-5-8-17(24)13-16/h3-13,15H,14H2,1-2H3. The zero-order valence-corrected chi connectivity index (χ0v) is 17.7. The topological polar surface area (TPSA) is 46.1 Å². The van der Waals surface area contributed by atoms with E-state index in [1.165, 1.54) is 16.9 Å². The van der Waals surface area contributed by atoms with Gasteiger partial charge in [0, 0.05) is 16.8 Å². The lowest BCUT2D eigenvalue weighted by molar-refractivity contribution is 0.0985. The lowest BCUT2D eigenvalue weighted by Crippen LogP contribution is -2.30. The highest BCUT2D eigenvalue weighted by Crippen LogP contribution is 2.34. The molecule has 2 aromatic carbocycles. The second kappa shape index (κ2) is 8.31. The smallest absolute Gasteiger partial charge is 0.260 e. The summed E-state index contributed by atoms with van der Waals surface area (Å²) in [6.45, 7) is 4.64. The molecule has 0 aliphatic carbocycles. The van der Waals surface area contributed by atoms with Crippen LogP contribution < -0.4 is 4.90 Å². The van der Waals surface area contributed by atoms with Crippen molar-refractivity contribution in [2.45, 2.75) is 26.3 Å². The summed E-state index contributed by atoms with van der Waals surface area (Å²) in [7, 11) is 0. The fourth-order valence-electron chi connectivity index (χ4n) is 3.20. The number of carbonyl (C=O) groups is 1. The van der Waals surface area contributed by atoms with E-state index in [0.29, 0.717) is 28.2 Å². The summed E-state index contributed by atoms with van der Waals surface area (Å²) in [5, 5.41) is 1.18. The number of rotatable bonds is 5. The molecule has 4 aromatic rings. The summed E-state index contributed by atoms with van der Waals surface area (Å²) in [6, 6.07) is 18.9. The van der Waals surface area contributed by atoms with Gasteiger partial charge in [0.15, 0.2) is 5.13 Å². The Bertz CT molecular complexity index is 1160. The van der Waals surface area contributed by atoms with Crippen molar-refractivity contribution < 1.29 is 4.79 Å². The molecule has 6 heteroatoms. The largest absolute Gasteiger partial charge is 0.278 e. The van der Waals surface area contributed by atoms with Gasteiger partial charge in [-0.05, 0) is 47.9 Å². The van der Waals surface area contributed by atoms with Gasteiger partial charge < -0.3 is 0 Å². The van der Waals surface area contributed by atoms with Crippen molar-refractivity contribution >= 4 is 44.2 Å². The van der Waals surface area contributed by atoms with E-state index in [1.54, 1.807) is 35.4 Å². The van der Waals surface area contributed by atoms with E-state index >= 15 is 0 Å². The molecule has 0 unspecified atom stereocenters. The minimum atomic E-state index is -0.150. The molecule has 0 aliphatic rings. The summed E-state index contributed by atoms with van der Waals surface area (Å²) >= 11 is 7.64. The minimum Gasteiger partial charge on any atom is -0.278 e. The van der Waals surface area contributed by atoms with Crippen molar-refractivity contribution in [3.05, 3.63) is 88.7 Å². The van der Waals surface area contributed by atoms with Crippen LogP contribution >= 0.6 is 22.9 Å². The van der Waals surface area contributed by atoms with Gasteiger partial charge in [-0.15, -0.1) is 0 Å². The van der Waals surface area contributed by atoms with Crippen LogP contribution in [0.1, 0.15) is 41.4 Å². The van der Waals surface area contributed by atoms with Crippen LogP contribution in [-0.2, 0) is 6.54 Å². The van der Waals surface area contributed by atoms with Crippen LogP contribution in [0.2, 0.25) is 5.02 Å². The molecule has 0 spiro atoms. The van der Waals surface area contributed by atoms with Gasteiger partial charge in [-0.3, -0.25) is 14.7 Å². The van der Waals surface area contributed by atoms with E-state index in [4.69, 9.17) is 16.6 Å². The third-order valence-electron chi connectivity index (χ3n) is 4.65. The molecule has 0 saturated carbocycles. The Labute approximate surface area is 178 Å². The monoisotopic (exact) mass is 421 g/mol. The van der Waals surface area contributed by atoms with Gasteiger partial charge >= 0.3 is 0 Å². The van der Waals surface area contributed by atoms with Crippen molar-refractivity contribution in [2.24, 2.45) is 0 Å². The number of para-hydroxylation sites is 1. The molecule has 2 aromatic heterocycles. The third-order valence-corrected chi connectivity index (χ3v) is 5.93. The molecule has 4 nitrogen and oxygen atoms in total. The minimum absolute atomic E-state index is 0.150. The Balaban J connectivity index is 1.81. The number of hydrogen-bond acceptors (Lipinski definition) is 4. The molecule has 4 rings (SSSR count).